The summed E-state index contributed by atoms with van der Waals surface area (Å²) < 4.78 is 11.6. The lowest BCUT2D eigenvalue weighted by atomic mass is 10.1. The second-order valence-electron chi connectivity index (χ2n) is 6.61. The molecule has 2 aromatic carbocycles. The summed E-state index contributed by atoms with van der Waals surface area (Å²) in [6, 6.07) is 16.5. The third-order valence-corrected chi connectivity index (χ3v) is 4.56. The second-order valence-corrected chi connectivity index (χ2v) is 7.04. The molecule has 2 atom stereocenters. The predicted molar refractivity (Wildman–Crippen MR) is 127 cm³/mol. The van der Waals surface area contributed by atoms with Crippen LogP contribution in [0.2, 0.25) is 5.02 Å². The zero-order chi connectivity index (χ0) is 19.5. The Morgan fingerprint density at radius 3 is 2.41 bits per heavy atom. The molecule has 0 aliphatic rings. The molecule has 0 saturated heterocycles. The van der Waals surface area contributed by atoms with Crippen molar-refractivity contribution in [2.45, 2.75) is 32.4 Å². The quantitative estimate of drug-likeness (QED) is 0.431. The lowest BCUT2D eigenvalue weighted by molar-refractivity contribution is 0.0606. The minimum absolute atomic E-state index is 0. The Labute approximate surface area is 192 Å². The molecular weight excluding hydrogens is 431 g/mol. The summed E-state index contributed by atoms with van der Waals surface area (Å²) in [6.07, 6.45) is 0.949. The van der Waals surface area contributed by atoms with Gasteiger partial charge in [0.25, 0.3) is 0 Å². The van der Waals surface area contributed by atoms with Gasteiger partial charge in [0.2, 0.25) is 0 Å². The van der Waals surface area contributed by atoms with Crippen molar-refractivity contribution < 1.29 is 9.47 Å². The lowest BCUT2D eigenvalue weighted by Crippen LogP contribution is -2.33. The van der Waals surface area contributed by atoms with Gasteiger partial charge in [-0.3, -0.25) is 0 Å². The highest BCUT2D eigenvalue weighted by molar-refractivity contribution is 6.30. The maximum atomic E-state index is 6.12. The van der Waals surface area contributed by atoms with Gasteiger partial charge < -0.3 is 20.1 Å². The van der Waals surface area contributed by atoms with Gasteiger partial charge in [-0.15, -0.1) is 24.8 Å². The van der Waals surface area contributed by atoms with E-state index in [0.29, 0.717) is 19.3 Å². The van der Waals surface area contributed by atoms with Crippen molar-refractivity contribution in [3.63, 3.8) is 0 Å². The summed E-state index contributed by atoms with van der Waals surface area (Å²) in [7, 11) is 1.92. The fourth-order valence-corrected chi connectivity index (χ4v) is 3.11. The van der Waals surface area contributed by atoms with E-state index in [9.17, 15) is 0 Å². The molecule has 0 heterocycles. The Bertz CT molecular complexity index is 671. The molecule has 0 saturated carbocycles. The van der Waals surface area contributed by atoms with E-state index in [2.05, 4.69) is 35.8 Å². The van der Waals surface area contributed by atoms with Gasteiger partial charge in [-0.05, 0) is 62.7 Å². The molecule has 0 fully saturated rings. The number of ether oxygens (including phenoxy) is 2. The number of hydrogen-bond acceptors (Lipinski definition) is 4. The normalized spacial score (nSPS) is 12.4. The highest BCUT2D eigenvalue weighted by Gasteiger charge is 2.13. The average molecular weight is 464 g/mol. The van der Waals surface area contributed by atoms with Crippen LogP contribution in [0.5, 0.6) is 5.75 Å². The maximum Gasteiger partial charge on any atom is 0.119 e. The number of likely N-dealkylation sites (N-methyl/N-ethyl adjacent to an activating group) is 1. The summed E-state index contributed by atoms with van der Waals surface area (Å²) >= 11 is 6.12. The summed E-state index contributed by atoms with van der Waals surface area (Å²) in [5.41, 5.74) is 2.39. The summed E-state index contributed by atoms with van der Waals surface area (Å²) in [4.78, 5) is 0. The molecule has 2 rings (SSSR count). The zero-order valence-corrected chi connectivity index (χ0v) is 19.7. The molecule has 0 bridgehead atoms. The van der Waals surface area contributed by atoms with E-state index < -0.39 is 0 Å². The van der Waals surface area contributed by atoms with E-state index in [1.54, 1.807) is 0 Å². The van der Waals surface area contributed by atoms with E-state index in [1.165, 1.54) is 5.56 Å². The number of rotatable bonds is 12. The Balaban J connectivity index is 0.00000392. The monoisotopic (exact) mass is 462 g/mol. The Kier molecular flexibility index (Phi) is 15.2. The first-order valence-electron chi connectivity index (χ1n) is 9.59. The van der Waals surface area contributed by atoms with Crippen LogP contribution in [0.25, 0.3) is 0 Å². The zero-order valence-electron chi connectivity index (χ0n) is 17.3. The van der Waals surface area contributed by atoms with E-state index in [4.69, 9.17) is 21.1 Å². The number of benzene rings is 2. The van der Waals surface area contributed by atoms with E-state index in [1.807, 2.05) is 44.3 Å². The molecule has 0 aromatic heterocycles. The lowest BCUT2D eigenvalue weighted by Gasteiger charge is -2.21. The van der Waals surface area contributed by atoms with Crippen LogP contribution in [0.15, 0.2) is 48.5 Å². The first-order valence-corrected chi connectivity index (χ1v) is 9.97. The first kappa shape index (κ1) is 28.0. The van der Waals surface area contributed by atoms with Gasteiger partial charge in [0.05, 0.1) is 6.10 Å². The van der Waals surface area contributed by atoms with Crippen molar-refractivity contribution in [3.8, 4) is 5.75 Å². The van der Waals surface area contributed by atoms with E-state index >= 15 is 0 Å². The van der Waals surface area contributed by atoms with Crippen molar-refractivity contribution in [1.82, 2.24) is 10.6 Å². The molecular formula is C22H33Cl3N2O2. The largest absolute Gasteiger partial charge is 0.492 e. The number of hydrogen-bond donors (Lipinski definition) is 2. The molecule has 0 radical (unpaired) electrons. The van der Waals surface area contributed by atoms with Crippen LogP contribution in [0.1, 0.15) is 31.1 Å². The molecule has 4 nitrogen and oxygen atoms in total. The van der Waals surface area contributed by atoms with Crippen LogP contribution in [-0.4, -0.2) is 39.4 Å². The van der Waals surface area contributed by atoms with Gasteiger partial charge in [-0.2, -0.15) is 0 Å². The minimum Gasteiger partial charge on any atom is -0.492 e. The van der Waals surface area contributed by atoms with E-state index in [0.717, 1.165) is 35.8 Å². The summed E-state index contributed by atoms with van der Waals surface area (Å²) in [6.45, 7) is 7.15. The van der Waals surface area contributed by atoms with Crippen molar-refractivity contribution >= 4 is 36.4 Å². The molecule has 0 aliphatic heterocycles. The molecule has 7 heteroatoms. The molecule has 2 unspecified atom stereocenters. The van der Waals surface area contributed by atoms with Crippen molar-refractivity contribution in [2.75, 3.05) is 33.4 Å². The minimum atomic E-state index is -0.000832. The van der Waals surface area contributed by atoms with Gasteiger partial charge >= 0.3 is 0 Å². The van der Waals surface area contributed by atoms with Crippen LogP contribution in [0, 0.1) is 0 Å². The van der Waals surface area contributed by atoms with Gasteiger partial charge in [-0.25, -0.2) is 0 Å². The highest BCUT2D eigenvalue weighted by Crippen LogP contribution is 2.21. The fourth-order valence-electron chi connectivity index (χ4n) is 2.91. The van der Waals surface area contributed by atoms with Crippen LogP contribution >= 0.6 is 36.4 Å². The molecule has 2 N–H and O–H groups in total. The third kappa shape index (κ3) is 10.5. The molecule has 2 aromatic rings. The average Bonchev–Trinajstić information content (AvgIpc) is 2.67. The van der Waals surface area contributed by atoms with Crippen molar-refractivity contribution in [3.05, 3.63) is 64.7 Å². The smallest absolute Gasteiger partial charge is 0.119 e. The first-order chi connectivity index (χ1) is 13.1. The summed E-state index contributed by atoms with van der Waals surface area (Å²) in [5.74, 6) is 0.909. The standard InChI is InChI=1S/C22H31ClN2O2.2ClH/c1-4-26-22(19-6-5-7-20(23)15-19)16-25-17(2)14-18-8-10-21(11-9-18)27-13-12-24-3;;/h5-11,15,17,22,24-25H,4,12-14,16H2,1-3H3;2*1H. The third-order valence-electron chi connectivity index (χ3n) is 4.33. The molecule has 164 valence electrons. The van der Waals surface area contributed by atoms with Crippen molar-refractivity contribution in [2.24, 2.45) is 0 Å². The molecule has 0 aliphatic carbocycles. The Morgan fingerprint density at radius 1 is 1.07 bits per heavy atom. The maximum absolute atomic E-state index is 6.12. The Hall–Kier alpha value is -1.01. The van der Waals surface area contributed by atoms with Gasteiger partial charge in [-0.1, -0.05) is 35.9 Å². The number of halogens is 3. The fraction of sp³-hybridized carbons (Fsp3) is 0.455. The molecule has 0 spiro atoms. The second kappa shape index (κ2) is 15.8. The molecule has 0 amide bonds. The van der Waals surface area contributed by atoms with Gasteiger partial charge in [0, 0.05) is 30.8 Å². The van der Waals surface area contributed by atoms with Gasteiger partial charge in [0.15, 0.2) is 0 Å². The topological polar surface area (TPSA) is 42.5 Å². The highest BCUT2D eigenvalue weighted by atomic mass is 35.5. The van der Waals surface area contributed by atoms with Crippen LogP contribution in [0.4, 0.5) is 0 Å². The predicted octanol–water partition coefficient (Wildman–Crippen LogP) is 5.08. The van der Waals surface area contributed by atoms with Crippen LogP contribution in [0.3, 0.4) is 0 Å². The SMILES string of the molecule is CCOC(CNC(C)Cc1ccc(OCCNC)cc1)c1cccc(Cl)c1.Cl.Cl. The van der Waals surface area contributed by atoms with Crippen LogP contribution in [-0.2, 0) is 11.2 Å². The van der Waals surface area contributed by atoms with Crippen LogP contribution < -0.4 is 15.4 Å². The Morgan fingerprint density at radius 2 is 1.79 bits per heavy atom. The van der Waals surface area contributed by atoms with Gasteiger partial charge in [0.1, 0.15) is 12.4 Å². The molecule has 29 heavy (non-hydrogen) atoms. The van der Waals surface area contributed by atoms with Crippen molar-refractivity contribution in [1.29, 1.82) is 0 Å². The van der Waals surface area contributed by atoms with E-state index in [-0.39, 0.29) is 30.9 Å². The number of nitrogens with one attached hydrogen (secondary N) is 2. The summed E-state index contributed by atoms with van der Waals surface area (Å²) in [5, 5.41) is 7.39.